The summed E-state index contributed by atoms with van der Waals surface area (Å²) in [5.41, 5.74) is 2.49. The van der Waals surface area contributed by atoms with Gasteiger partial charge in [-0.15, -0.1) is 0 Å². The molecule has 0 aliphatic rings. The van der Waals surface area contributed by atoms with Crippen LogP contribution in [0.25, 0.3) is 0 Å². The highest BCUT2D eigenvalue weighted by molar-refractivity contribution is 5.23. The first-order valence-corrected chi connectivity index (χ1v) is 6.21. The maximum Gasteiger partial charge on any atom is 0.0916 e. The smallest absolute Gasteiger partial charge is 0.0916 e. The Morgan fingerprint density at radius 2 is 1.71 bits per heavy atom. The summed E-state index contributed by atoms with van der Waals surface area (Å²) in [4.78, 5) is 2.19. The van der Waals surface area contributed by atoms with E-state index >= 15 is 0 Å². The number of likely N-dealkylation sites (N-methyl/N-ethyl adjacent to an activating group) is 1. The van der Waals surface area contributed by atoms with E-state index in [1.165, 1.54) is 5.56 Å². The summed E-state index contributed by atoms with van der Waals surface area (Å²) in [7, 11) is 2.06. The van der Waals surface area contributed by atoms with E-state index < -0.39 is 6.10 Å². The van der Waals surface area contributed by atoms with Gasteiger partial charge in [-0.25, -0.2) is 0 Å². The number of nitrogens with zero attached hydrogens (tertiary/aromatic N) is 1. The molecule has 1 N–H and O–H groups in total. The van der Waals surface area contributed by atoms with E-state index in [2.05, 4.69) is 39.6 Å². The molecular formula is C15H25NO. The summed E-state index contributed by atoms with van der Waals surface area (Å²) in [6.45, 7) is 10.4. The molecule has 2 nitrogen and oxygen atoms in total. The van der Waals surface area contributed by atoms with Gasteiger partial charge in [0.25, 0.3) is 0 Å². The van der Waals surface area contributed by atoms with E-state index in [1.807, 2.05) is 24.3 Å². The van der Waals surface area contributed by atoms with Crippen LogP contribution in [0, 0.1) is 12.3 Å². The molecule has 0 spiro atoms. The minimum Gasteiger partial charge on any atom is -0.387 e. The van der Waals surface area contributed by atoms with Gasteiger partial charge in [0.15, 0.2) is 0 Å². The first kappa shape index (κ1) is 14.2. The van der Waals surface area contributed by atoms with Crippen molar-refractivity contribution in [2.75, 3.05) is 20.1 Å². The second-order valence-corrected chi connectivity index (χ2v) is 6.18. The Morgan fingerprint density at radius 3 is 2.18 bits per heavy atom. The van der Waals surface area contributed by atoms with Gasteiger partial charge >= 0.3 is 0 Å². The lowest BCUT2D eigenvalue weighted by molar-refractivity contribution is 0.108. The van der Waals surface area contributed by atoms with Crippen molar-refractivity contribution in [2.45, 2.75) is 33.8 Å². The van der Waals surface area contributed by atoms with Crippen molar-refractivity contribution >= 4 is 0 Å². The van der Waals surface area contributed by atoms with Crippen LogP contribution < -0.4 is 0 Å². The zero-order valence-electron chi connectivity index (χ0n) is 11.7. The molecule has 1 unspecified atom stereocenters. The molecule has 0 bridgehead atoms. The third kappa shape index (κ3) is 5.33. The summed E-state index contributed by atoms with van der Waals surface area (Å²) in [5.74, 6) is 0. The van der Waals surface area contributed by atoms with Crippen molar-refractivity contribution in [3.8, 4) is 0 Å². The van der Waals surface area contributed by atoms with E-state index in [0.29, 0.717) is 6.54 Å². The summed E-state index contributed by atoms with van der Waals surface area (Å²) in [6, 6.07) is 8.10. The van der Waals surface area contributed by atoms with Crippen molar-refractivity contribution in [1.29, 1.82) is 0 Å². The van der Waals surface area contributed by atoms with E-state index in [0.717, 1.165) is 12.1 Å². The van der Waals surface area contributed by atoms with Crippen molar-refractivity contribution in [3.63, 3.8) is 0 Å². The number of hydrogen-bond acceptors (Lipinski definition) is 2. The molecule has 17 heavy (non-hydrogen) atoms. The van der Waals surface area contributed by atoms with Gasteiger partial charge in [0.1, 0.15) is 0 Å². The molecule has 0 amide bonds. The fraction of sp³-hybridized carbons (Fsp3) is 0.600. The van der Waals surface area contributed by atoms with Crippen LogP contribution in [-0.4, -0.2) is 30.1 Å². The highest BCUT2D eigenvalue weighted by Gasteiger charge is 2.16. The summed E-state index contributed by atoms with van der Waals surface area (Å²) in [5, 5.41) is 10.1. The van der Waals surface area contributed by atoms with Gasteiger partial charge < -0.3 is 10.0 Å². The Balaban J connectivity index is 2.54. The Kier molecular flexibility index (Phi) is 4.72. The third-order valence-corrected chi connectivity index (χ3v) is 2.69. The van der Waals surface area contributed by atoms with Crippen molar-refractivity contribution in [1.82, 2.24) is 4.90 Å². The monoisotopic (exact) mass is 235 g/mol. The number of aryl methyl sites for hydroxylation is 1. The van der Waals surface area contributed by atoms with Crippen LogP contribution in [0.15, 0.2) is 24.3 Å². The quantitative estimate of drug-likeness (QED) is 0.867. The van der Waals surface area contributed by atoms with E-state index in [4.69, 9.17) is 0 Å². The lowest BCUT2D eigenvalue weighted by Crippen LogP contribution is -2.32. The van der Waals surface area contributed by atoms with Gasteiger partial charge in [-0.1, -0.05) is 50.6 Å². The number of rotatable bonds is 4. The van der Waals surface area contributed by atoms with Gasteiger partial charge in [-0.2, -0.15) is 0 Å². The van der Waals surface area contributed by atoms with Crippen LogP contribution in [0.2, 0.25) is 0 Å². The largest absolute Gasteiger partial charge is 0.387 e. The summed E-state index contributed by atoms with van der Waals surface area (Å²) < 4.78 is 0. The Morgan fingerprint density at radius 1 is 1.18 bits per heavy atom. The van der Waals surface area contributed by atoms with Gasteiger partial charge in [-0.3, -0.25) is 0 Å². The van der Waals surface area contributed by atoms with Crippen molar-refractivity contribution in [3.05, 3.63) is 35.4 Å². The molecule has 0 fully saturated rings. The predicted octanol–water partition coefficient (Wildman–Crippen LogP) is 3.01. The SMILES string of the molecule is Cc1ccc(C(O)CN(C)CC(C)(C)C)cc1. The molecule has 0 aliphatic carbocycles. The number of hydrogen-bond donors (Lipinski definition) is 1. The molecule has 0 radical (unpaired) electrons. The molecule has 1 aromatic carbocycles. The highest BCUT2D eigenvalue weighted by atomic mass is 16.3. The van der Waals surface area contributed by atoms with Crippen molar-refractivity contribution < 1.29 is 5.11 Å². The molecule has 0 saturated heterocycles. The van der Waals surface area contributed by atoms with E-state index in [-0.39, 0.29) is 5.41 Å². The van der Waals surface area contributed by atoms with Crippen molar-refractivity contribution in [2.24, 2.45) is 5.41 Å². The lowest BCUT2D eigenvalue weighted by atomic mass is 9.96. The van der Waals surface area contributed by atoms with Gasteiger partial charge in [0.2, 0.25) is 0 Å². The summed E-state index contributed by atoms with van der Waals surface area (Å²) in [6.07, 6.45) is -0.400. The molecule has 1 aromatic rings. The highest BCUT2D eigenvalue weighted by Crippen LogP contribution is 2.18. The first-order chi connectivity index (χ1) is 7.78. The van der Waals surface area contributed by atoms with Crippen LogP contribution in [0.1, 0.15) is 38.0 Å². The Hall–Kier alpha value is -0.860. The van der Waals surface area contributed by atoms with Crippen LogP contribution in [0.3, 0.4) is 0 Å². The lowest BCUT2D eigenvalue weighted by Gasteiger charge is -2.28. The zero-order chi connectivity index (χ0) is 13.1. The Labute approximate surface area is 105 Å². The number of benzene rings is 1. The molecule has 1 rings (SSSR count). The fourth-order valence-corrected chi connectivity index (χ4v) is 2.06. The Bertz CT molecular complexity index is 337. The predicted molar refractivity (Wildman–Crippen MR) is 73.1 cm³/mol. The van der Waals surface area contributed by atoms with Gasteiger partial charge in [-0.05, 0) is 24.9 Å². The summed E-state index contributed by atoms with van der Waals surface area (Å²) >= 11 is 0. The maximum atomic E-state index is 10.1. The molecule has 0 aliphatic heterocycles. The standard InChI is InChI=1S/C15H25NO/c1-12-6-8-13(9-7-12)14(17)10-16(5)11-15(2,3)4/h6-9,14,17H,10-11H2,1-5H3. The minimum absolute atomic E-state index is 0.266. The average molecular weight is 235 g/mol. The molecular weight excluding hydrogens is 210 g/mol. The maximum absolute atomic E-state index is 10.1. The second kappa shape index (κ2) is 5.65. The molecule has 2 heteroatoms. The fourth-order valence-electron chi connectivity index (χ4n) is 2.06. The van der Waals surface area contributed by atoms with Crippen LogP contribution in [-0.2, 0) is 0 Å². The van der Waals surface area contributed by atoms with E-state index in [9.17, 15) is 5.11 Å². The zero-order valence-corrected chi connectivity index (χ0v) is 11.7. The van der Waals surface area contributed by atoms with E-state index in [1.54, 1.807) is 0 Å². The average Bonchev–Trinajstić information content (AvgIpc) is 2.15. The number of aliphatic hydroxyl groups excluding tert-OH is 1. The molecule has 0 saturated carbocycles. The molecule has 96 valence electrons. The van der Waals surface area contributed by atoms with Crippen LogP contribution >= 0.6 is 0 Å². The normalized spacial score (nSPS) is 14.1. The topological polar surface area (TPSA) is 23.5 Å². The first-order valence-electron chi connectivity index (χ1n) is 6.21. The minimum atomic E-state index is -0.400. The molecule has 1 atom stereocenters. The third-order valence-electron chi connectivity index (χ3n) is 2.69. The second-order valence-electron chi connectivity index (χ2n) is 6.18. The van der Waals surface area contributed by atoms with Gasteiger partial charge in [0, 0.05) is 13.1 Å². The van der Waals surface area contributed by atoms with Crippen LogP contribution in [0.4, 0.5) is 0 Å². The van der Waals surface area contributed by atoms with Gasteiger partial charge in [0.05, 0.1) is 6.10 Å². The molecule has 0 aromatic heterocycles. The number of aliphatic hydroxyl groups is 1. The van der Waals surface area contributed by atoms with Crippen LogP contribution in [0.5, 0.6) is 0 Å². The molecule has 0 heterocycles.